The maximum absolute atomic E-state index is 6.36. The van der Waals surface area contributed by atoms with E-state index in [4.69, 9.17) is 23.2 Å². The molecule has 102 valence electrons. The second-order valence-corrected chi connectivity index (χ2v) is 5.40. The predicted molar refractivity (Wildman–Crippen MR) is 84.6 cm³/mol. The van der Waals surface area contributed by atoms with Crippen LogP contribution in [0.25, 0.3) is 11.0 Å². The molecule has 0 N–H and O–H groups in total. The third-order valence-corrected chi connectivity index (χ3v) is 4.07. The minimum Gasteiger partial charge on any atom is -0.318 e. The monoisotopic (exact) mass is 304 g/mol. The van der Waals surface area contributed by atoms with Gasteiger partial charge in [-0.1, -0.05) is 48.0 Å². The summed E-state index contributed by atoms with van der Waals surface area (Å²) < 4.78 is 2.12. The molecule has 0 aliphatic heterocycles. The third kappa shape index (κ3) is 2.19. The Labute approximate surface area is 128 Å². The van der Waals surface area contributed by atoms with Gasteiger partial charge in [-0.3, -0.25) is 0 Å². The van der Waals surface area contributed by atoms with Crippen molar-refractivity contribution in [3.05, 3.63) is 64.9 Å². The van der Waals surface area contributed by atoms with E-state index in [1.807, 2.05) is 36.4 Å². The van der Waals surface area contributed by atoms with E-state index < -0.39 is 0 Å². The smallest absolute Gasteiger partial charge is 0.125 e. The van der Waals surface area contributed by atoms with Crippen molar-refractivity contribution in [3.8, 4) is 0 Å². The predicted octanol–water partition coefficient (Wildman–Crippen LogP) is 5.04. The summed E-state index contributed by atoms with van der Waals surface area (Å²) in [6.45, 7) is 2.13. The highest BCUT2D eigenvalue weighted by Crippen LogP contribution is 2.31. The first-order valence-electron chi connectivity index (χ1n) is 6.48. The first-order valence-corrected chi connectivity index (χ1v) is 7.40. The number of alkyl halides is 1. The van der Waals surface area contributed by atoms with Gasteiger partial charge in [0, 0.05) is 0 Å². The third-order valence-electron chi connectivity index (χ3n) is 3.52. The van der Waals surface area contributed by atoms with Crippen molar-refractivity contribution in [1.29, 1.82) is 0 Å². The number of hydrogen-bond donors (Lipinski definition) is 0. The molecule has 0 spiro atoms. The summed E-state index contributed by atoms with van der Waals surface area (Å²) in [7, 11) is 0. The molecule has 2 aromatic carbocycles. The molecule has 0 aliphatic carbocycles. The molecule has 2 nitrogen and oxygen atoms in total. The molecule has 1 aromatic heterocycles. The van der Waals surface area contributed by atoms with Crippen LogP contribution in [0.5, 0.6) is 0 Å². The number of aromatic nitrogens is 2. The van der Waals surface area contributed by atoms with Crippen LogP contribution < -0.4 is 0 Å². The van der Waals surface area contributed by atoms with Gasteiger partial charge in [0.05, 0.1) is 28.0 Å². The highest BCUT2D eigenvalue weighted by atomic mass is 35.5. The largest absolute Gasteiger partial charge is 0.318 e. The fourth-order valence-corrected chi connectivity index (χ4v) is 3.00. The van der Waals surface area contributed by atoms with E-state index in [2.05, 4.69) is 28.6 Å². The zero-order chi connectivity index (χ0) is 14.1. The molecule has 1 unspecified atom stereocenters. The minimum atomic E-state index is 0.134. The average molecular weight is 305 g/mol. The number of benzene rings is 2. The standard InChI is InChI=1S/C16H14Cl2N2/c1-11(12-6-3-2-4-7-12)20-15(10-17)19-14-9-5-8-13(18)16(14)20/h2-9,11H,10H2,1H3. The lowest BCUT2D eigenvalue weighted by atomic mass is 10.1. The van der Waals surface area contributed by atoms with Gasteiger partial charge in [0.15, 0.2) is 0 Å². The zero-order valence-corrected chi connectivity index (χ0v) is 12.6. The van der Waals surface area contributed by atoms with Crippen LogP contribution >= 0.6 is 23.2 Å². The van der Waals surface area contributed by atoms with Gasteiger partial charge >= 0.3 is 0 Å². The molecule has 0 amide bonds. The van der Waals surface area contributed by atoms with Crippen LogP contribution in [0.1, 0.15) is 24.4 Å². The summed E-state index contributed by atoms with van der Waals surface area (Å²) in [5, 5.41) is 0.703. The van der Waals surface area contributed by atoms with E-state index in [-0.39, 0.29) is 6.04 Å². The Hall–Kier alpha value is -1.51. The van der Waals surface area contributed by atoms with Crippen LogP contribution in [0.2, 0.25) is 5.02 Å². The number of fused-ring (bicyclic) bond motifs is 1. The Morgan fingerprint density at radius 3 is 2.55 bits per heavy atom. The molecule has 0 saturated heterocycles. The van der Waals surface area contributed by atoms with Gasteiger partial charge in [-0.05, 0) is 24.6 Å². The lowest BCUT2D eigenvalue weighted by molar-refractivity contribution is 0.634. The zero-order valence-electron chi connectivity index (χ0n) is 11.1. The van der Waals surface area contributed by atoms with E-state index in [0.717, 1.165) is 16.9 Å². The van der Waals surface area contributed by atoms with Crippen molar-refractivity contribution >= 4 is 34.2 Å². The van der Waals surface area contributed by atoms with Crippen molar-refractivity contribution in [2.45, 2.75) is 18.8 Å². The molecule has 4 heteroatoms. The van der Waals surface area contributed by atoms with Crippen LogP contribution in [-0.4, -0.2) is 9.55 Å². The molecule has 3 rings (SSSR count). The van der Waals surface area contributed by atoms with Crippen LogP contribution in [0.3, 0.4) is 0 Å². The van der Waals surface area contributed by atoms with E-state index in [1.54, 1.807) is 0 Å². The molecular weight excluding hydrogens is 291 g/mol. The SMILES string of the molecule is CC(c1ccccc1)n1c(CCl)nc2cccc(Cl)c21. The molecule has 0 radical (unpaired) electrons. The molecule has 0 saturated carbocycles. The molecule has 1 atom stereocenters. The number of hydrogen-bond acceptors (Lipinski definition) is 1. The van der Waals surface area contributed by atoms with Gasteiger partial charge in [-0.15, -0.1) is 11.6 Å². The molecule has 3 aromatic rings. The van der Waals surface area contributed by atoms with E-state index in [1.165, 1.54) is 5.56 Å². The van der Waals surface area contributed by atoms with Crippen molar-refractivity contribution in [3.63, 3.8) is 0 Å². The molecule has 0 bridgehead atoms. The first kappa shape index (κ1) is 13.5. The normalized spacial score (nSPS) is 12.8. The van der Waals surface area contributed by atoms with Crippen molar-refractivity contribution < 1.29 is 0 Å². The number of imidazole rings is 1. The highest BCUT2D eigenvalue weighted by Gasteiger charge is 2.18. The van der Waals surface area contributed by atoms with Crippen molar-refractivity contribution in [2.24, 2.45) is 0 Å². The fourth-order valence-electron chi connectivity index (χ4n) is 2.55. The maximum Gasteiger partial charge on any atom is 0.125 e. The number of rotatable bonds is 3. The lowest BCUT2D eigenvalue weighted by Gasteiger charge is -2.18. The number of halogens is 2. The summed E-state index contributed by atoms with van der Waals surface area (Å²) in [5.41, 5.74) is 3.04. The topological polar surface area (TPSA) is 17.8 Å². The highest BCUT2D eigenvalue weighted by molar-refractivity contribution is 6.35. The lowest BCUT2D eigenvalue weighted by Crippen LogP contribution is -2.10. The van der Waals surface area contributed by atoms with E-state index >= 15 is 0 Å². The molecule has 0 fully saturated rings. The minimum absolute atomic E-state index is 0.134. The molecule has 1 heterocycles. The molecular formula is C16H14Cl2N2. The molecule has 20 heavy (non-hydrogen) atoms. The van der Waals surface area contributed by atoms with Gasteiger partial charge in [-0.25, -0.2) is 4.98 Å². The van der Waals surface area contributed by atoms with Crippen LogP contribution in [-0.2, 0) is 5.88 Å². The van der Waals surface area contributed by atoms with Crippen molar-refractivity contribution in [1.82, 2.24) is 9.55 Å². The Bertz CT molecular complexity index is 735. The average Bonchev–Trinajstić information content (AvgIpc) is 2.87. The van der Waals surface area contributed by atoms with Gasteiger partial charge in [0.2, 0.25) is 0 Å². The number of nitrogens with zero attached hydrogens (tertiary/aromatic N) is 2. The Kier molecular flexibility index (Phi) is 3.68. The van der Waals surface area contributed by atoms with Gasteiger partial charge in [0.25, 0.3) is 0 Å². The Morgan fingerprint density at radius 2 is 1.85 bits per heavy atom. The molecule has 0 aliphatic rings. The van der Waals surface area contributed by atoms with Crippen molar-refractivity contribution in [2.75, 3.05) is 0 Å². The quantitative estimate of drug-likeness (QED) is 0.620. The second kappa shape index (κ2) is 5.47. The van der Waals surface area contributed by atoms with E-state index in [9.17, 15) is 0 Å². The summed E-state index contributed by atoms with van der Waals surface area (Å²) in [5.74, 6) is 1.20. The van der Waals surface area contributed by atoms with Crippen LogP contribution in [0.4, 0.5) is 0 Å². The summed E-state index contributed by atoms with van der Waals surface area (Å²) in [6.07, 6.45) is 0. The summed E-state index contributed by atoms with van der Waals surface area (Å²) >= 11 is 12.4. The van der Waals surface area contributed by atoms with Crippen LogP contribution in [0, 0.1) is 0 Å². The van der Waals surface area contributed by atoms with E-state index in [0.29, 0.717) is 10.9 Å². The van der Waals surface area contributed by atoms with Crippen LogP contribution in [0.15, 0.2) is 48.5 Å². The first-order chi connectivity index (χ1) is 9.72. The second-order valence-electron chi connectivity index (χ2n) is 4.73. The van der Waals surface area contributed by atoms with Gasteiger partial charge in [0.1, 0.15) is 5.82 Å². The summed E-state index contributed by atoms with van der Waals surface area (Å²) in [6, 6.07) is 16.2. The Balaban J connectivity index is 2.24. The number of para-hydroxylation sites is 1. The van der Waals surface area contributed by atoms with Gasteiger partial charge < -0.3 is 4.57 Å². The Morgan fingerprint density at radius 1 is 1.10 bits per heavy atom. The maximum atomic E-state index is 6.36. The summed E-state index contributed by atoms with van der Waals surface area (Å²) in [4.78, 5) is 4.59. The van der Waals surface area contributed by atoms with Gasteiger partial charge in [-0.2, -0.15) is 0 Å². The fraction of sp³-hybridized carbons (Fsp3) is 0.188.